The van der Waals surface area contributed by atoms with Crippen LogP contribution >= 0.6 is 0 Å². The van der Waals surface area contributed by atoms with E-state index in [1.807, 2.05) is 0 Å². The van der Waals surface area contributed by atoms with Crippen molar-refractivity contribution in [3.63, 3.8) is 0 Å². The monoisotopic (exact) mass is 225 g/mol. The number of aromatic nitrogens is 2. The molecule has 0 saturated heterocycles. The Hall–Kier alpha value is -1.15. The Balaban J connectivity index is 2.40. The van der Waals surface area contributed by atoms with Crippen LogP contribution in [-0.4, -0.2) is 28.5 Å². The van der Waals surface area contributed by atoms with E-state index in [0.717, 1.165) is 0 Å². The Morgan fingerprint density at radius 2 is 2.07 bits per heavy atom. The van der Waals surface area contributed by atoms with Gasteiger partial charge in [-0.3, -0.25) is 0 Å². The van der Waals surface area contributed by atoms with Gasteiger partial charge in [-0.05, 0) is 13.0 Å². The van der Waals surface area contributed by atoms with Gasteiger partial charge in [0.25, 0.3) is 0 Å². The molecule has 1 rings (SSSR count). The predicted octanol–water partition coefficient (Wildman–Crippen LogP) is 0.560. The summed E-state index contributed by atoms with van der Waals surface area (Å²) in [5.74, 6) is -1.47. The smallest absolute Gasteiger partial charge is 0.416 e. The van der Waals surface area contributed by atoms with Gasteiger partial charge in [0.2, 0.25) is 5.89 Å². The van der Waals surface area contributed by atoms with Gasteiger partial charge in [-0.2, -0.15) is 13.2 Å². The molecule has 0 amide bonds. The summed E-state index contributed by atoms with van der Waals surface area (Å²) < 4.78 is 40.3. The Morgan fingerprint density at radius 1 is 1.33 bits per heavy atom. The van der Waals surface area contributed by atoms with E-state index in [2.05, 4.69) is 19.9 Å². The number of halogens is 3. The molecule has 15 heavy (non-hydrogen) atoms. The van der Waals surface area contributed by atoms with Gasteiger partial charge < -0.3 is 14.8 Å². The molecule has 0 bridgehead atoms. The van der Waals surface area contributed by atoms with E-state index in [1.54, 1.807) is 0 Å². The summed E-state index contributed by atoms with van der Waals surface area (Å²) in [5, 5.41) is 17.3. The van der Waals surface area contributed by atoms with Gasteiger partial charge >= 0.3 is 12.1 Å². The molecule has 1 heterocycles. The van der Waals surface area contributed by atoms with Crippen LogP contribution in [0.25, 0.3) is 0 Å². The van der Waals surface area contributed by atoms with Gasteiger partial charge in [0.05, 0.1) is 6.54 Å². The normalized spacial score (nSPS) is 12.0. The number of rotatable bonds is 5. The zero-order valence-electron chi connectivity index (χ0n) is 7.71. The third-order valence-corrected chi connectivity index (χ3v) is 1.50. The lowest BCUT2D eigenvalue weighted by atomic mass is 10.4. The Kier molecular flexibility index (Phi) is 4.04. The first-order chi connectivity index (χ1) is 7.04. The zero-order chi connectivity index (χ0) is 11.3. The van der Waals surface area contributed by atoms with E-state index < -0.39 is 12.1 Å². The van der Waals surface area contributed by atoms with Crippen LogP contribution in [0.2, 0.25) is 0 Å². The zero-order valence-corrected chi connectivity index (χ0v) is 7.71. The lowest BCUT2D eigenvalue weighted by molar-refractivity contribution is -0.157. The average molecular weight is 225 g/mol. The summed E-state index contributed by atoms with van der Waals surface area (Å²) in [6.07, 6.45) is -4.09. The van der Waals surface area contributed by atoms with E-state index in [1.165, 1.54) is 0 Å². The molecule has 86 valence electrons. The SMILES string of the molecule is OCCCNCc1nnc(C(F)(F)F)o1. The van der Waals surface area contributed by atoms with E-state index in [9.17, 15) is 13.2 Å². The van der Waals surface area contributed by atoms with Crippen LogP contribution in [0, 0.1) is 0 Å². The van der Waals surface area contributed by atoms with Gasteiger partial charge in [-0.1, -0.05) is 0 Å². The third kappa shape index (κ3) is 3.84. The van der Waals surface area contributed by atoms with Gasteiger partial charge in [0, 0.05) is 6.61 Å². The molecule has 0 aromatic carbocycles. The van der Waals surface area contributed by atoms with Crippen molar-refractivity contribution in [2.45, 2.75) is 19.1 Å². The minimum absolute atomic E-state index is 0.0185. The van der Waals surface area contributed by atoms with Crippen LogP contribution < -0.4 is 5.32 Å². The molecule has 0 aliphatic heterocycles. The second-order valence-corrected chi connectivity index (χ2v) is 2.75. The second kappa shape index (κ2) is 5.08. The van der Waals surface area contributed by atoms with Crippen molar-refractivity contribution in [3.05, 3.63) is 11.8 Å². The largest absolute Gasteiger partial charge is 0.470 e. The van der Waals surface area contributed by atoms with Crippen LogP contribution in [0.3, 0.4) is 0 Å². The van der Waals surface area contributed by atoms with E-state index >= 15 is 0 Å². The molecule has 0 saturated carbocycles. The lowest BCUT2D eigenvalue weighted by Crippen LogP contribution is -2.15. The highest BCUT2D eigenvalue weighted by molar-refractivity contribution is 4.85. The molecule has 0 radical (unpaired) electrons. The fraction of sp³-hybridized carbons (Fsp3) is 0.714. The molecular weight excluding hydrogens is 215 g/mol. The molecule has 0 aliphatic rings. The molecule has 0 atom stereocenters. The van der Waals surface area contributed by atoms with Crippen LogP contribution in [0.1, 0.15) is 18.2 Å². The highest BCUT2D eigenvalue weighted by Gasteiger charge is 2.37. The van der Waals surface area contributed by atoms with E-state index in [4.69, 9.17) is 5.11 Å². The molecule has 0 unspecified atom stereocenters. The van der Waals surface area contributed by atoms with Crippen molar-refractivity contribution >= 4 is 0 Å². The molecular formula is C7H10F3N3O2. The number of nitrogens with one attached hydrogen (secondary N) is 1. The van der Waals surface area contributed by atoms with Crippen LogP contribution in [0.4, 0.5) is 13.2 Å². The summed E-state index contributed by atoms with van der Waals surface area (Å²) in [4.78, 5) is 0. The fourth-order valence-electron chi connectivity index (χ4n) is 0.839. The summed E-state index contributed by atoms with van der Waals surface area (Å²) in [7, 11) is 0. The van der Waals surface area contributed by atoms with E-state index in [0.29, 0.717) is 13.0 Å². The van der Waals surface area contributed by atoms with Crippen molar-refractivity contribution in [2.75, 3.05) is 13.2 Å². The maximum absolute atomic E-state index is 12.0. The van der Waals surface area contributed by atoms with Crippen molar-refractivity contribution in [1.82, 2.24) is 15.5 Å². The second-order valence-electron chi connectivity index (χ2n) is 2.75. The van der Waals surface area contributed by atoms with Crippen molar-refractivity contribution in [2.24, 2.45) is 0 Å². The van der Waals surface area contributed by atoms with Gasteiger partial charge in [-0.25, -0.2) is 0 Å². The number of aliphatic hydroxyl groups is 1. The molecule has 0 spiro atoms. The fourth-order valence-corrected chi connectivity index (χ4v) is 0.839. The molecule has 8 heteroatoms. The molecule has 1 aromatic heterocycles. The van der Waals surface area contributed by atoms with Gasteiger partial charge in [0.1, 0.15) is 0 Å². The molecule has 1 aromatic rings. The number of nitrogens with zero attached hydrogens (tertiary/aromatic N) is 2. The molecule has 2 N–H and O–H groups in total. The summed E-state index contributed by atoms with van der Waals surface area (Å²) in [6.45, 7) is 0.550. The average Bonchev–Trinajstić information content (AvgIpc) is 2.60. The standard InChI is InChI=1S/C7H10F3N3O2/c8-7(9,10)6-13-12-5(15-6)4-11-2-1-3-14/h11,14H,1-4H2. The highest BCUT2D eigenvalue weighted by Crippen LogP contribution is 2.27. The first kappa shape index (κ1) is 11.9. The minimum atomic E-state index is -4.60. The summed E-state index contributed by atoms with van der Waals surface area (Å²) in [6, 6.07) is 0. The third-order valence-electron chi connectivity index (χ3n) is 1.50. The van der Waals surface area contributed by atoms with Gasteiger partial charge in [-0.15, -0.1) is 10.2 Å². The molecule has 0 fully saturated rings. The Labute approximate surface area is 83.3 Å². The number of aliphatic hydroxyl groups excluding tert-OH is 1. The molecule has 0 aliphatic carbocycles. The number of hydrogen-bond donors (Lipinski definition) is 2. The Morgan fingerprint density at radius 3 is 2.60 bits per heavy atom. The quantitative estimate of drug-likeness (QED) is 0.716. The predicted molar refractivity (Wildman–Crippen MR) is 42.7 cm³/mol. The maximum atomic E-state index is 12.0. The lowest BCUT2D eigenvalue weighted by Gasteiger charge is -1.99. The van der Waals surface area contributed by atoms with E-state index in [-0.39, 0.29) is 19.0 Å². The summed E-state index contributed by atoms with van der Waals surface area (Å²) >= 11 is 0. The summed E-state index contributed by atoms with van der Waals surface area (Å²) in [5.41, 5.74) is 0. The van der Waals surface area contributed by atoms with Gasteiger partial charge in [0.15, 0.2) is 0 Å². The van der Waals surface area contributed by atoms with Crippen LogP contribution in [0.15, 0.2) is 4.42 Å². The van der Waals surface area contributed by atoms with Crippen LogP contribution in [0.5, 0.6) is 0 Å². The maximum Gasteiger partial charge on any atom is 0.470 e. The van der Waals surface area contributed by atoms with Crippen molar-refractivity contribution in [1.29, 1.82) is 0 Å². The highest BCUT2D eigenvalue weighted by atomic mass is 19.4. The van der Waals surface area contributed by atoms with Crippen LogP contribution in [-0.2, 0) is 12.7 Å². The number of hydrogen-bond acceptors (Lipinski definition) is 5. The topological polar surface area (TPSA) is 71.2 Å². The molecule has 5 nitrogen and oxygen atoms in total. The van der Waals surface area contributed by atoms with Crippen molar-refractivity contribution < 1.29 is 22.7 Å². The first-order valence-electron chi connectivity index (χ1n) is 4.25. The minimum Gasteiger partial charge on any atom is -0.416 e. The number of alkyl halides is 3. The van der Waals surface area contributed by atoms with Crippen molar-refractivity contribution in [3.8, 4) is 0 Å². The first-order valence-corrected chi connectivity index (χ1v) is 4.25. The Bertz CT molecular complexity index is 300.